The van der Waals surface area contributed by atoms with Gasteiger partial charge in [-0.1, -0.05) is 57.8 Å². The van der Waals surface area contributed by atoms with Gasteiger partial charge in [0.05, 0.1) is 0 Å². The van der Waals surface area contributed by atoms with Gasteiger partial charge in [0, 0.05) is 29.2 Å². The Morgan fingerprint density at radius 2 is 1.19 bits per heavy atom. The topological polar surface area (TPSA) is 27.3 Å². The Bertz CT molecular complexity index is 497. The molecule has 0 aromatic heterocycles. The summed E-state index contributed by atoms with van der Waals surface area (Å²) in [4.78, 5) is 2.95. The van der Waals surface area contributed by atoms with Crippen LogP contribution in [0.25, 0.3) is 0 Å². The van der Waals surface area contributed by atoms with Crippen molar-refractivity contribution in [3.05, 3.63) is 0 Å². The molecule has 0 aromatic carbocycles. The minimum Gasteiger partial charge on any atom is -0.314 e. The van der Waals surface area contributed by atoms with E-state index < -0.39 is 0 Å². The molecule has 0 spiro atoms. The Kier molecular flexibility index (Phi) is 10.8. The van der Waals surface area contributed by atoms with Crippen LogP contribution in [0.15, 0.2) is 0 Å². The lowest BCUT2D eigenvalue weighted by molar-refractivity contribution is 0.0384. The molecule has 188 valence electrons. The Hall–Kier alpha value is -0.120. The number of nitrogens with one attached hydrogen (secondary N) is 2. The van der Waals surface area contributed by atoms with Gasteiger partial charge in [0.2, 0.25) is 0 Å². The second kappa shape index (κ2) is 13.1. The maximum atomic E-state index is 4.03. The molecule has 3 nitrogen and oxygen atoms in total. The van der Waals surface area contributed by atoms with Crippen molar-refractivity contribution in [2.75, 3.05) is 13.1 Å². The van der Waals surface area contributed by atoms with E-state index in [1.807, 2.05) is 0 Å². The van der Waals surface area contributed by atoms with Gasteiger partial charge in [-0.15, -0.1) is 0 Å². The highest BCUT2D eigenvalue weighted by Gasteiger charge is 2.33. The van der Waals surface area contributed by atoms with Gasteiger partial charge >= 0.3 is 0 Å². The molecule has 0 radical (unpaired) electrons. The lowest BCUT2D eigenvalue weighted by Crippen LogP contribution is -2.53. The van der Waals surface area contributed by atoms with Crippen LogP contribution in [-0.2, 0) is 0 Å². The molecule has 3 aliphatic carbocycles. The van der Waals surface area contributed by atoms with Crippen LogP contribution in [0.2, 0.25) is 0 Å². The second-order valence-corrected chi connectivity index (χ2v) is 12.8. The molecule has 3 heteroatoms. The molecule has 3 aliphatic rings. The zero-order chi connectivity index (χ0) is 22.9. The highest BCUT2D eigenvalue weighted by atomic mass is 15.2. The summed E-state index contributed by atoms with van der Waals surface area (Å²) in [7, 11) is 0. The quantitative estimate of drug-likeness (QED) is 0.331. The lowest BCUT2D eigenvalue weighted by Gasteiger charge is -2.46. The SMILES string of the molecule is CC(C)(CCCN(C1CCCCC1)C(C)(C)CCNC1CCCCC1)NC1CCCCC1. The first-order chi connectivity index (χ1) is 15.4. The molecule has 0 atom stereocenters. The molecule has 0 amide bonds. The van der Waals surface area contributed by atoms with Crippen molar-refractivity contribution in [3.8, 4) is 0 Å². The summed E-state index contributed by atoms with van der Waals surface area (Å²) < 4.78 is 0. The van der Waals surface area contributed by atoms with Gasteiger partial charge in [0.15, 0.2) is 0 Å². The summed E-state index contributed by atoms with van der Waals surface area (Å²) >= 11 is 0. The summed E-state index contributed by atoms with van der Waals surface area (Å²) in [5.74, 6) is 0. The Balaban J connectivity index is 1.49. The van der Waals surface area contributed by atoms with Crippen LogP contribution in [-0.4, -0.2) is 47.2 Å². The smallest absolute Gasteiger partial charge is 0.0168 e. The van der Waals surface area contributed by atoms with E-state index in [-0.39, 0.29) is 5.54 Å². The fraction of sp³-hybridized carbons (Fsp3) is 1.00. The van der Waals surface area contributed by atoms with Crippen LogP contribution < -0.4 is 10.6 Å². The van der Waals surface area contributed by atoms with E-state index in [1.165, 1.54) is 129 Å². The number of hydrogen-bond acceptors (Lipinski definition) is 3. The van der Waals surface area contributed by atoms with Crippen molar-refractivity contribution >= 4 is 0 Å². The Morgan fingerprint density at radius 3 is 1.78 bits per heavy atom. The summed E-state index contributed by atoms with van der Waals surface area (Å²) in [5.41, 5.74) is 0.567. The summed E-state index contributed by atoms with van der Waals surface area (Å²) in [6, 6.07) is 2.35. The Labute approximate surface area is 201 Å². The number of rotatable bonds is 12. The van der Waals surface area contributed by atoms with Gasteiger partial charge in [-0.3, -0.25) is 4.90 Å². The molecule has 0 saturated heterocycles. The van der Waals surface area contributed by atoms with Gasteiger partial charge in [-0.05, 0) is 98.6 Å². The standard InChI is InChI=1S/C29H57N3/c1-28(2,31-26-17-10-6-11-18-26)21-14-24-32(27-19-12-7-13-20-27)29(3,4)22-23-30-25-15-8-5-9-16-25/h25-27,30-31H,5-24H2,1-4H3. The summed E-state index contributed by atoms with van der Waals surface area (Å²) in [6.45, 7) is 12.4. The van der Waals surface area contributed by atoms with Crippen molar-refractivity contribution in [1.82, 2.24) is 15.5 Å². The monoisotopic (exact) mass is 447 g/mol. The van der Waals surface area contributed by atoms with Gasteiger partial charge in [0.1, 0.15) is 0 Å². The highest BCUT2D eigenvalue weighted by molar-refractivity contribution is 4.91. The molecule has 0 heterocycles. The van der Waals surface area contributed by atoms with Crippen LogP contribution in [0.3, 0.4) is 0 Å². The molecule has 0 bridgehead atoms. The van der Waals surface area contributed by atoms with Crippen LogP contribution in [0, 0.1) is 0 Å². The van der Waals surface area contributed by atoms with Crippen molar-refractivity contribution in [2.24, 2.45) is 0 Å². The molecular weight excluding hydrogens is 390 g/mol. The third kappa shape index (κ3) is 8.91. The van der Waals surface area contributed by atoms with E-state index in [1.54, 1.807) is 0 Å². The van der Waals surface area contributed by atoms with Crippen LogP contribution in [0.4, 0.5) is 0 Å². The maximum Gasteiger partial charge on any atom is 0.0168 e. The van der Waals surface area contributed by atoms with E-state index in [2.05, 4.69) is 43.2 Å². The molecule has 3 fully saturated rings. The highest BCUT2D eigenvalue weighted by Crippen LogP contribution is 2.31. The van der Waals surface area contributed by atoms with Gasteiger partial charge in [-0.2, -0.15) is 0 Å². The predicted molar refractivity (Wildman–Crippen MR) is 140 cm³/mol. The molecule has 32 heavy (non-hydrogen) atoms. The average Bonchev–Trinajstić information content (AvgIpc) is 2.78. The Morgan fingerprint density at radius 1 is 0.656 bits per heavy atom. The van der Waals surface area contributed by atoms with Gasteiger partial charge in [-0.25, -0.2) is 0 Å². The molecule has 0 unspecified atom stereocenters. The lowest BCUT2D eigenvalue weighted by atomic mass is 9.87. The van der Waals surface area contributed by atoms with E-state index in [9.17, 15) is 0 Å². The summed E-state index contributed by atoms with van der Waals surface area (Å²) in [5, 5.41) is 7.95. The van der Waals surface area contributed by atoms with Crippen molar-refractivity contribution in [2.45, 2.75) is 172 Å². The average molecular weight is 448 g/mol. The van der Waals surface area contributed by atoms with E-state index in [0.717, 1.165) is 18.1 Å². The summed E-state index contributed by atoms with van der Waals surface area (Å²) in [6.07, 6.45) is 25.2. The van der Waals surface area contributed by atoms with E-state index >= 15 is 0 Å². The van der Waals surface area contributed by atoms with Gasteiger partial charge in [0.25, 0.3) is 0 Å². The molecule has 3 rings (SSSR count). The fourth-order valence-corrected chi connectivity index (χ4v) is 6.97. The molecule has 0 aromatic rings. The molecular formula is C29H57N3. The first-order valence-electron chi connectivity index (χ1n) is 14.6. The zero-order valence-corrected chi connectivity index (χ0v) is 22.3. The third-order valence-corrected chi connectivity index (χ3v) is 8.97. The zero-order valence-electron chi connectivity index (χ0n) is 22.3. The fourth-order valence-electron chi connectivity index (χ4n) is 6.97. The maximum absolute atomic E-state index is 4.03. The normalized spacial score (nSPS) is 23.2. The molecule has 3 saturated carbocycles. The minimum absolute atomic E-state index is 0.271. The molecule has 2 N–H and O–H groups in total. The third-order valence-electron chi connectivity index (χ3n) is 8.97. The first kappa shape index (κ1) is 26.5. The minimum atomic E-state index is 0.271. The van der Waals surface area contributed by atoms with Crippen molar-refractivity contribution in [3.63, 3.8) is 0 Å². The van der Waals surface area contributed by atoms with E-state index in [4.69, 9.17) is 0 Å². The second-order valence-electron chi connectivity index (χ2n) is 12.8. The van der Waals surface area contributed by atoms with Crippen LogP contribution >= 0.6 is 0 Å². The van der Waals surface area contributed by atoms with Crippen LogP contribution in [0.1, 0.15) is 143 Å². The van der Waals surface area contributed by atoms with Crippen LogP contribution in [0.5, 0.6) is 0 Å². The van der Waals surface area contributed by atoms with Crippen molar-refractivity contribution < 1.29 is 0 Å². The number of nitrogens with zero attached hydrogens (tertiary/aromatic N) is 1. The van der Waals surface area contributed by atoms with Crippen molar-refractivity contribution in [1.29, 1.82) is 0 Å². The largest absolute Gasteiger partial charge is 0.314 e. The van der Waals surface area contributed by atoms with Gasteiger partial charge < -0.3 is 10.6 Å². The predicted octanol–water partition coefficient (Wildman–Crippen LogP) is 7.19. The number of hydrogen-bond donors (Lipinski definition) is 2. The first-order valence-corrected chi connectivity index (χ1v) is 14.6. The molecule has 0 aliphatic heterocycles. The van der Waals surface area contributed by atoms with E-state index in [0.29, 0.717) is 5.54 Å².